The Hall–Kier alpha value is -1.05. The first kappa shape index (κ1) is 14.4. The summed E-state index contributed by atoms with van der Waals surface area (Å²) in [5.41, 5.74) is 0.968. The molecule has 19 heavy (non-hydrogen) atoms. The van der Waals surface area contributed by atoms with Crippen LogP contribution in [0.1, 0.15) is 31.0 Å². The number of anilines is 1. The lowest BCUT2D eigenvalue weighted by molar-refractivity contribution is 0.182. The number of thiazole rings is 1. The first-order valence-electron chi connectivity index (χ1n) is 6.33. The Morgan fingerprint density at radius 3 is 2.74 bits per heavy atom. The van der Waals surface area contributed by atoms with E-state index in [-0.39, 0.29) is 0 Å². The molecule has 0 aliphatic rings. The maximum Gasteiger partial charge on any atom is 0.206 e. The molecule has 0 bridgehead atoms. The van der Waals surface area contributed by atoms with Crippen molar-refractivity contribution < 1.29 is 4.74 Å². The van der Waals surface area contributed by atoms with Gasteiger partial charge in [0.25, 0.3) is 0 Å². The number of methoxy groups -OCH3 is 1. The maximum absolute atomic E-state index is 5.22. The normalized spacial score (nSPS) is 10.9. The molecule has 5 nitrogen and oxygen atoms in total. The average Bonchev–Trinajstić information content (AvgIpc) is 2.98. The molecule has 2 heterocycles. The molecule has 1 N–H and O–H groups in total. The van der Waals surface area contributed by atoms with E-state index in [0.29, 0.717) is 6.61 Å². The molecule has 0 aliphatic carbocycles. The highest BCUT2D eigenvalue weighted by molar-refractivity contribution is 7.23. The van der Waals surface area contributed by atoms with Gasteiger partial charge < -0.3 is 10.1 Å². The van der Waals surface area contributed by atoms with Crippen LogP contribution in [0.25, 0.3) is 9.88 Å². The van der Waals surface area contributed by atoms with Gasteiger partial charge in [0.1, 0.15) is 0 Å². The Kier molecular flexibility index (Phi) is 5.24. The van der Waals surface area contributed by atoms with E-state index in [0.717, 1.165) is 45.1 Å². The maximum atomic E-state index is 5.22. The van der Waals surface area contributed by atoms with Crippen molar-refractivity contribution >= 4 is 27.8 Å². The van der Waals surface area contributed by atoms with Crippen molar-refractivity contribution in [2.45, 2.75) is 33.3 Å². The minimum atomic E-state index is 0.520. The molecule has 0 aromatic carbocycles. The first-order chi connectivity index (χ1) is 9.28. The standard InChI is InChI=1S/C12H18N4OS2/c1-4-6-9-14-8(7-17-3)10(18-9)11-15-16-12(19-11)13-5-2/h4-7H2,1-3H3,(H,13,16). The third kappa shape index (κ3) is 3.49. The van der Waals surface area contributed by atoms with E-state index in [9.17, 15) is 0 Å². The Balaban J connectivity index is 2.29. The van der Waals surface area contributed by atoms with Gasteiger partial charge in [-0.2, -0.15) is 0 Å². The fraction of sp³-hybridized carbons (Fsp3) is 0.583. The molecule has 0 saturated heterocycles. The Morgan fingerprint density at radius 2 is 2.05 bits per heavy atom. The second-order valence-electron chi connectivity index (χ2n) is 4.01. The number of nitrogens with one attached hydrogen (secondary N) is 1. The zero-order valence-corrected chi connectivity index (χ0v) is 13.0. The largest absolute Gasteiger partial charge is 0.378 e. The molecule has 0 atom stereocenters. The highest BCUT2D eigenvalue weighted by Crippen LogP contribution is 2.34. The van der Waals surface area contributed by atoms with Crippen LogP contribution >= 0.6 is 22.7 Å². The van der Waals surface area contributed by atoms with Crippen molar-refractivity contribution in [1.29, 1.82) is 0 Å². The second kappa shape index (κ2) is 6.93. The molecule has 2 aromatic rings. The van der Waals surface area contributed by atoms with Gasteiger partial charge in [0.05, 0.1) is 22.2 Å². The summed E-state index contributed by atoms with van der Waals surface area (Å²) in [6, 6.07) is 0. The van der Waals surface area contributed by atoms with E-state index in [1.54, 1.807) is 29.8 Å². The van der Waals surface area contributed by atoms with Gasteiger partial charge in [-0.15, -0.1) is 21.5 Å². The smallest absolute Gasteiger partial charge is 0.206 e. The lowest BCUT2D eigenvalue weighted by Crippen LogP contribution is -1.94. The van der Waals surface area contributed by atoms with Crippen LogP contribution in [0.3, 0.4) is 0 Å². The van der Waals surface area contributed by atoms with Gasteiger partial charge in [-0.05, 0) is 19.8 Å². The van der Waals surface area contributed by atoms with E-state index in [2.05, 4.69) is 27.4 Å². The van der Waals surface area contributed by atoms with Gasteiger partial charge in [-0.3, -0.25) is 0 Å². The van der Waals surface area contributed by atoms with Crippen molar-refractivity contribution in [1.82, 2.24) is 15.2 Å². The van der Waals surface area contributed by atoms with E-state index in [1.165, 1.54) is 0 Å². The number of rotatable bonds is 7. The van der Waals surface area contributed by atoms with Gasteiger partial charge in [0.15, 0.2) is 5.01 Å². The van der Waals surface area contributed by atoms with Gasteiger partial charge in [0.2, 0.25) is 5.13 Å². The van der Waals surface area contributed by atoms with Crippen molar-refractivity contribution in [2.75, 3.05) is 19.0 Å². The quantitative estimate of drug-likeness (QED) is 0.850. The number of hydrogen-bond donors (Lipinski definition) is 1. The summed E-state index contributed by atoms with van der Waals surface area (Å²) in [6.07, 6.45) is 2.10. The molecule has 0 fully saturated rings. The summed E-state index contributed by atoms with van der Waals surface area (Å²) in [5.74, 6) is 0. The van der Waals surface area contributed by atoms with Crippen LogP contribution in [0.5, 0.6) is 0 Å². The third-order valence-electron chi connectivity index (χ3n) is 2.43. The first-order valence-corrected chi connectivity index (χ1v) is 7.97. The molecule has 0 spiro atoms. The molecule has 7 heteroatoms. The molecular weight excluding hydrogens is 280 g/mol. The van der Waals surface area contributed by atoms with E-state index in [1.807, 2.05) is 6.92 Å². The van der Waals surface area contributed by atoms with Gasteiger partial charge in [-0.1, -0.05) is 18.3 Å². The van der Waals surface area contributed by atoms with Crippen molar-refractivity contribution in [3.8, 4) is 9.88 Å². The molecule has 0 unspecified atom stereocenters. The highest BCUT2D eigenvalue weighted by Gasteiger charge is 2.16. The van der Waals surface area contributed by atoms with Crippen molar-refractivity contribution in [2.24, 2.45) is 0 Å². The van der Waals surface area contributed by atoms with Gasteiger partial charge in [0, 0.05) is 13.7 Å². The fourth-order valence-electron chi connectivity index (χ4n) is 1.66. The lowest BCUT2D eigenvalue weighted by Gasteiger charge is -1.96. The molecule has 0 radical (unpaired) electrons. The summed E-state index contributed by atoms with van der Waals surface area (Å²) in [5, 5.41) is 14.5. The van der Waals surface area contributed by atoms with E-state index in [4.69, 9.17) is 4.74 Å². The van der Waals surface area contributed by atoms with Gasteiger partial charge >= 0.3 is 0 Å². The predicted molar refractivity (Wildman–Crippen MR) is 79.9 cm³/mol. The molecule has 2 aromatic heterocycles. The Bertz CT molecular complexity index is 524. The average molecular weight is 298 g/mol. The number of hydrogen-bond acceptors (Lipinski definition) is 7. The van der Waals surface area contributed by atoms with E-state index < -0.39 is 0 Å². The van der Waals surface area contributed by atoms with E-state index >= 15 is 0 Å². The van der Waals surface area contributed by atoms with Crippen LogP contribution in [0.2, 0.25) is 0 Å². The molecule has 0 amide bonds. The van der Waals surface area contributed by atoms with Crippen LogP contribution < -0.4 is 5.32 Å². The summed E-state index contributed by atoms with van der Waals surface area (Å²) < 4.78 is 5.22. The summed E-state index contributed by atoms with van der Waals surface area (Å²) in [4.78, 5) is 5.72. The van der Waals surface area contributed by atoms with Crippen LogP contribution in [-0.4, -0.2) is 28.8 Å². The summed E-state index contributed by atoms with van der Waals surface area (Å²) in [7, 11) is 1.69. The predicted octanol–water partition coefficient (Wildman–Crippen LogP) is 3.19. The van der Waals surface area contributed by atoms with Crippen LogP contribution in [0.4, 0.5) is 5.13 Å². The van der Waals surface area contributed by atoms with Crippen LogP contribution in [0, 0.1) is 0 Å². The number of aromatic nitrogens is 3. The fourth-order valence-corrected chi connectivity index (χ4v) is 3.73. The third-order valence-corrected chi connectivity index (χ3v) is 4.63. The molecule has 2 rings (SSSR count). The number of aryl methyl sites for hydroxylation is 1. The topological polar surface area (TPSA) is 59.9 Å². The highest BCUT2D eigenvalue weighted by atomic mass is 32.1. The van der Waals surface area contributed by atoms with Crippen LogP contribution in [0.15, 0.2) is 0 Å². The summed E-state index contributed by atoms with van der Waals surface area (Å²) in [6.45, 7) is 5.57. The SMILES string of the molecule is CCCc1nc(COC)c(-c2nnc(NCC)s2)s1. The lowest BCUT2D eigenvalue weighted by atomic mass is 10.3. The summed E-state index contributed by atoms with van der Waals surface area (Å²) >= 11 is 3.26. The minimum Gasteiger partial charge on any atom is -0.378 e. The Labute approximate surface area is 121 Å². The van der Waals surface area contributed by atoms with Crippen molar-refractivity contribution in [3.05, 3.63) is 10.7 Å². The van der Waals surface area contributed by atoms with Gasteiger partial charge in [-0.25, -0.2) is 4.98 Å². The zero-order valence-electron chi connectivity index (χ0n) is 11.4. The second-order valence-corrected chi connectivity index (χ2v) is 6.07. The molecule has 0 aliphatic heterocycles. The Morgan fingerprint density at radius 1 is 1.21 bits per heavy atom. The molecular formula is C12H18N4OS2. The molecule has 104 valence electrons. The zero-order chi connectivity index (χ0) is 13.7. The van der Waals surface area contributed by atoms with Crippen LogP contribution in [-0.2, 0) is 17.8 Å². The van der Waals surface area contributed by atoms with Crippen molar-refractivity contribution in [3.63, 3.8) is 0 Å². The number of nitrogens with zero attached hydrogens (tertiary/aromatic N) is 3. The monoisotopic (exact) mass is 298 g/mol. The molecule has 0 saturated carbocycles. The number of ether oxygens (including phenoxy) is 1. The minimum absolute atomic E-state index is 0.520.